The molecule has 0 spiro atoms. The summed E-state index contributed by atoms with van der Waals surface area (Å²) < 4.78 is 20.1. The minimum Gasteiger partial charge on any atom is -0.384 e. The summed E-state index contributed by atoms with van der Waals surface area (Å²) in [6.07, 6.45) is 1.81. The van der Waals surface area contributed by atoms with Crippen molar-refractivity contribution in [1.29, 1.82) is 0 Å². The van der Waals surface area contributed by atoms with Crippen molar-refractivity contribution in [2.45, 2.75) is 32.7 Å². The molecule has 1 aromatic carbocycles. The van der Waals surface area contributed by atoms with Crippen molar-refractivity contribution in [3.05, 3.63) is 33.0 Å². The van der Waals surface area contributed by atoms with Gasteiger partial charge < -0.3 is 10.1 Å². The zero-order valence-corrected chi connectivity index (χ0v) is 14.5. The average Bonchev–Trinajstić information content (AvgIpc) is 2.41. The number of nitrogens with one attached hydrogen (secondary N) is 1. The van der Waals surface area contributed by atoms with E-state index in [0.29, 0.717) is 22.6 Å². The summed E-state index contributed by atoms with van der Waals surface area (Å²) in [5.74, 6) is -0.00422. The van der Waals surface area contributed by atoms with Gasteiger partial charge in [0.15, 0.2) is 0 Å². The summed E-state index contributed by atoms with van der Waals surface area (Å²) in [6.45, 7) is 5.70. The summed E-state index contributed by atoms with van der Waals surface area (Å²) in [5.41, 5.74) is 0.620. The van der Waals surface area contributed by atoms with Crippen molar-refractivity contribution in [2.75, 3.05) is 20.3 Å². The van der Waals surface area contributed by atoms with Crippen LogP contribution in [0.4, 0.5) is 4.39 Å². The molecule has 0 aliphatic carbocycles. The Balaban J connectivity index is 2.95. The van der Waals surface area contributed by atoms with Crippen molar-refractivity contribution in [1.82, 2.24) is 5.32 Å². The third-order valence-corrected chi connectivity index (χ3v) is 4.43. The zero-order chi connectivity index (χ0) is 15.1. The van der Waals surface area contributed by atoms with E-state index in [1.165, 1.54) is 0 Å². The third-order valence-electron chi connectivity index (χ3n) is 3.17. The topological polar surface area (TPSA) is 21.3 Å². The largest absolute Gasteiger partial charge is 0.384 e. The molecule has 0 bridgehead atoms. The molecule has 0 aliphatic heterocycles. The van der Waals surface area contributed by atoms with Gasteiger partial charge in [-0.05, 0) is 47.3 Å². The monoisotopic (exact) mass is 365 g/mol. The lowest BCUT2D eigenvalue weighted by Gasteiger charge is -2.23. The van der Waals surface area contributed by atoms with E-state index in [0.717, 1.165) is 19.4 Å². The minimum atomic E-state index is -0.348. The van der Waals surface area contributed by atoms with E-state index in [9.17, 15) is 4.39 Å². The average molecular weight is 367 g/mol. The van der Waals surface area contributed by atoms with Crippen LogP contribution >= 0.6 is 27.5 Å². The smallest absolute Gasteiger partial charge is 0.147 e. The molecular formula is C15H22BrClFNO. The Morgan fingerprint density at radius 1 is 1.45 bits per heavy atom. The molecule has 1 aromatic rings. The second-order valence-electron chi connectivity index (χ2n) is 5.07. The van der Waals surface area contributed by atoms with Crippen molar-refractivity contribution in [3.8, 4) is 0 Å². The summed E-state index contributed by atoms with van der Waals surface area (Å²) in [7, 11) is 1.68. The third kappa shape index (κ3) is 4.99. The molecule has 1 N–H and O–H groups in total. The van der Waals surface area contributed by atoms with Gasteiger partial charge in [0.05, 0.1) is 5.02 Å². The van der Waals surface area contributed by atoms with E-state index in [2.05, 4.69) is 35.1 Å². The van der Waals surface area contributed by atoms with Gasteiger partial charge in [-0.2, -0.15) is 0 Å². The van der Waals surface area contributed by atoms with Gasteiger partial charge in [-0.25, -0.2) is 4.39 Å². The van der Waals surface area contributed by atoms with Gasteiger partial charge >= 0.3 is 0 Å². The molecule has 0 amide bonds. The van der Waals surface area contributed by atoms with Crippen LogP contribution in [-0.2, 0) is 4.74 Å². The first-order valence-electron chi connectivity index (χ1n) is 6.86. The van der Waals surface area contributed by atoms with Crippen LogP contribution in [0.15, 0.2) is 16.6 Å². The molecule has 0 saturated heterocycles. The number of ether oxygens (including phenoxy) is 1. The van der Waals surface area contributed by atoms with Gasteiger partial charge in [0.2, 0.25) is 0 Å². The molecule has 20 heavy (non-hydrogen) atoms. The second-order valence-corrected chi connectivity index (χ2v) is 6.30. The van der Waals surface area contributed by atoms with Gasteiger partial charge in [-0.3, -0.25) is 0 Å². The SMILES string of the molecule is CCCNC(CC(C)COC)c1ccc(Br)c(Cl)c1F. The predicted octanol–water partition coefficient (Wildman–Crippen LogP) is 4.95. The van der Waals surface area contributed by atoms with Crippen LogP contribution in [0.3, 0.4) is 0 Å². The Kier molecular flexibility index (Phi) is 8.03. The van der Waals surface area contributed by atoms with E-state index < -0.39 is 0 Å². The Hall–Kier alpha value is -0.160. The summed E-state index contributed by atoms with van der Waals surface area (Å²) in [6, 6.07) is 3.53. The Labute approximate surface area is 134 Å². The van der Waals surface area contributed by atoms with Crippen LogP contribution in [0.25, 0.3) is 0 Å². The Morgan fingerprint density at radius 2 is 2.15 bits per heavy atom. The molecule has 1 rings (SSSR count). The van der Waals surface area contributed by atoms with Crippen molar-refractivity contribution in [2.24, 2.45) is 5.92 Å². The van der Waals surface area contributed by atoms with E-state index >= 15 is 0 Å². The number of rotatable bonds is 8. The summed E-state index contributed by atoms with van der Waals surface area (Å²) >= 11 is 9.23. The fraction of sp³-hybridized carbons (Fsp3) is 0.600. The normalized spacial score (nSPS) is 14.3. The highest BCUT2D eigenvalue weighted by molar-refractivity contribution is 9.10. The zero-order valence-electron chi connectivity index (χ0n) is 12.2. The minimum absolute atomic E-state index is 0.0503. The lowest BCUT2D eigenvalue weighted by Crippen LogP contribution is -2.26. The van der Waals surface area contributed by atoms with Crippen molar-refractivity contribution in [3.63, 3.8) is 0 Å². The van der Waals surface area contributed by atoms with Crippen LogP contribution in [0.5, 0.6) is 0 Å². The maximum atomic E-state index is 14.3. The molecule has 0 heterocycles. The lowest BCUT2D eigenvalue weighted by molar-refractivity contribution is 0.149. The number of methoxy groups -OCH3 is 1. The van der Waals surface area contributed by atoms with Crippen LogP contribution < -0.4 is 5.32 Å². The van der Waals surface area contributed by atoms with Crippen molar-refractivity contribution < 1.29 is 9.13 Å². The number of hydrogen-bond acceptors (Lipinski definition) is 2. The van der Waals surface area contributed by atoms with Gasteiger partial charge in [-0.1, -0.05) is 31.5 Å². The number of benzene rings is 1. The van der Waals surface area contributed by atoms with Gasteiger partial charge in [-0.15, -0.1) is 0 Å². The molecule has 114 valence electrons. The highest BCUT2D eigenvalue weighted by Crippen LogP contribution is 2.32. The van der Waals surface area contributed by atoms with Crippen LogP contribution in [0.2, 0.25) is 5.02 Å². The van der Waals surface area contributed by atoms with Crippen LogP contribution in [-0.4, -0.2) is 20.3 Å². The van der Waals surface area contributed by atoms with Crippen LogP contribution in [0.1, 0.15) is 38.3 Å². The van der Waals surface area contributed by atoms with Gasteiger partial charge in [0, 0.05) is 29.8 Å². The van der Waals surface area contributed by atoms with Gasteiger partial charge in [0.25, 0.3) is 0 Å². The summed E-state index contributed by atoms with van der Waals surface area (Å²) in [4.78, 5) is 0. The van der Waals surface area contributed by atoms with E-state index in [1.807, 2.05) is 0 Å². The fourth-order valence-electron chi connectivity index (χ4n) is 2.20. The Morgan fingerprint density at radius 3 is 2.75 bits per heavy atom. The van der Waals surface area contributed by atoms with Gasteiger partial charge in [0.1, 0.15) is 5.82 Å². The molecule has 0 radical (unpaired) electrons. The Bertz CT molecular complexity index is 431. The standard InChI is InChI=1S/C15H22BrClFNO/c1-4-7-19-13(8-10(2)9-20-3)11-5-6-12(16)14(17)15(11)18/h5-6,10,13,19H,4,7-9H2,1-3H3. The fourth-order valence-corrected chi connectivity index (χ4v) is 2.68. The van der Waals surface area contributed by atoms with E-state index in [-0.39, 0.29) is 16.9 Å². The van der Waals surface area contributed by atoms with Crippen molar-refractivity contribution >= 4 is 27.5 Å². The molecule has 0 saturated carbocycles. The summed E-state index contributed by atoms with van der Waals surface area (Å²) in [5, 5.41) is 3.54. The first-order valence-corrected chi connectivity index (χ1v) is 8.04. The number of halogens is 3. The maximum absolute atomic E-state index is 14.3. The lowest BCUT2D eigenvalue weighted by atomic mass is 9.95. The number of hydrogen-bond donors (Lipinski definition) is 1. The van der Waals surface area contributed by atoms with E-state index in [1.54, 1.807) is 19.2 Å². The molecule has 0 aliphatic rings. The van der Waals surface area contributed by atoms with Crippen LogP contribution in [0, 0.1) is 11.7 Å². The highest BCUT2D eigenvalue weighted by atomic mass is 79.9. The maximum Gasteiger partial charge on any atom is 0.147 e. The molecular weight excluding hydrogens is 345 g/mol. The molecule has 2 nitrogen and oxygen atoms in total. The quantitative estimate of drug-likeness (QED) is 0.657. The first-order chi connectivity index (χ1) is 9.51. The molecule has 0 aromatic heterocycles. The molecule has 5 heteroatoms. The molecule has 0 fully saturated rings. The first kappa shape index (κ1) is 17.9. The highest BCUT2D eigenvalue weighted by Gasteiger charge is 2.20. The van der Waals surface area contributed by atoms with E-state index in [4.69, 9.17) is 16.3 Å². The molecule has 2 atom stereocenters. The second kappa shape index (κ2) is 8.98. The predicted molar refractivity (Wildman–Crippen MR) is 85.8 cm³/mol. The molecule has 2 unspecified atom stereocenters.